The van der Waals surface area contributed by atoms with Crippen molar-refractivity contribution < 1.29 is 64.9 Å². The van der Waals surface area contributed by atoms with Crippen LogP contribution in [0, 0.1) is 0 Å². The van der Waals surface area contributed by atoms with Crippen molar-refractivity contribution >= 4 is 62.6 Å². The van der Waals surface area contributed by atoms with Crippen LogP contribution >= 0.6 is 0 Å². The molecule has 0 fully saturated rings. The first-order chi connectivity index (χ1) is 20.1. The zero-order valence-electron chi connectivity index (χ0n) is 28.4. The summed E-state index contributed by atoms with van der Waals surface area (Å²) < 4.78 is 130. The van der Waals surface area contributed by atoms with E-state index in [0.717, 1.165) is 0 Å². The molecule has 0 aliphatic heterocycles. The SMILES string of the molecule is COCCOCCC[Si](C)(O[Si](C)(C)O[Si](C)(C)C)O[Si](C)(CCCOCCOS(=O)(=O)NS(=O)(=O)C(F)(F)F)O[Si](C)(C)C. The molecule has 0 bridgehead atoms. The third-order valence-electron chi connectivity index (χ3n) is 5.22. The second-order valence-corrected chi connectivity index (χ2v) is 36.4. The lowest BCUT2D eigenvalue weighted by Gasteiger charge is -2.44. The molecule has 23 heteroatoms. The van der Waals surface area contributed by atoms with Crippen LogP contribution in [0.25, 0.3) is 0 Å². The summed E-state index contributed by atoms with van der Waals surface area (Å²) in [6, 6.07) is 1.18. The lowest BCUT2D eigenvalue weighted by molar-refractivity contribution is -0.0442. The lowest BCUT2D eigenvalue weighted by atomic mass is 10.5. The van der Waals surface area contributed by atoms with E-state index in [-0.39, 0.29) is 13.2 Å². The molecule has 1 N–H and O–H groups in total. The number of ether oxygens (including phenoxy) is 3. The third-order valence-corrected chi connectivity index (χ3v) is 26.3. The van der Waals surface area contributed by atoms with Crippen LogP contribution in [-0.2, 0) is 55.2 Å². The zero-order chi connectivity index (χ0) is 35.4. The maximum Gasteiger partial charge on any atom is 0.512 e. The van der Waals surface area contributed by atoms with Crippen LogP contribution in [0.1, 0.15) is 12.8 Å². The number of methoxy groups -OCH3 is 1. The van der Waals surface area contributed by atoms with E-state index in [1.54, 1.807) is 7.11 Å². The molecule has 2 atom stereocenters. The number of halogens is 3. The van der Waals surface area contributed by atoms with Crippen LogP contribution in [0.3, 0.4) is 0 Å². The minimum atomic E-state index is -6.13. The van der Waals surface area contributed by atoms with Gasteiger partial charge in [-0.25, -0.2) is 8.42 Å². The van der Waals surface area contributed by atoms with Crippen LogP contribution in [0.2, 0.25) is 77.6 Å². The fraction of sp³-hybridized carbons (Fsp3) is 1.00. The number of nitrogens with one attached hydrogen (secondary N) is 1. The van der Waals surface area contributed by atoms with Crippen molar-refractivity contribution in [3.8, 4) is 0 Å². The van der Waals surface area contributed by atoms with Gasteiger partial charge in [0.15, 0.2) is 16.6 Å². The van der Waals surface area contributed by atoms with Gasteiger partial charge in [0.1, 0.15) is 0 Å². The van der Waals surface area contributed by atoms with Crippen LogP contribution in [0.15, 0.2) is 0 Å². The Morgan fingerprint density at radius 1 is 0.600 bits per heavy atom. The molecule has 0 aliphatic rings. The first kappa shape index (κ1) is 45.4. The molecule has 0 rings (SSSR count). The Balaban J connectivity index is 5.44. The molecule has 0 saturated carbocycles. The van der Waals surface area contributed by atoms with Crippen molar-refractivity contribution in [2.24, 2.45) is 0 Å². The van der Waals surface area contributed by atoms with Gasteiger partial charge in [-0.1, -0.05) is 4.13 Å². The molecule has 0 amide bonds. The van der Waals surface area contributed by atoms with Gasteiger partial charge < -0.3 is 30.7 Å². The second kappa shape index (κ2) is 18.4. The van der Waals surface area contributed by atoms with E-state index in [0.29, 0.717) is 48.9 Å². The normalized spacial score (nSPS) is 16.8. The van der Waals surface area contributed by atoms with E-state index < -0.39 is 74.8 Å². The first-order valence-corrected chi connectivity index (χ1v) is 32.1. The average Bonchev–Trinajstić information content (AvgIpc) is 2.75. The number of rotatable bonds is 25. The fourth-order valence-corrected chi connectivity index (χ4v) is 30.0. The van der Waals surface area contributed by atoms with E-state index in [2.05, 4.69) is 43.5 Å². The standard InChI is InChI=1S/C22H54F3NO12S2Si5/c1-31-16-17-32-14-13-21-45(11,37-43(8,9)35-41(2,3)4)38-44(10,36-42(5,6)7)20-12-15-33-18-19-34-40(29,30)26-39(27,28)22(23,24)25/h26H,12-21H2,1-11H3. The molecule has 0 heterocycles. The van der Waals surface area contributed by atoms with Gasteiger partial charge in [-0.2, -0.15) is 21.6 Å². The summed E-state index contributed by atoms with van der Waals surface area (Å²) >= 11 is 0. The molecular weight excluding hydrogens is 732 g/mol. The van der Waals surface area contributed by atoms with Crippen molar-refractivity contribution in [2.45, 2.75) is 95.9 Å². The zero-order valence-corrected chi connectivity index (χ0v) is 35.1. The highest BCUT2D eigenvalue weighted by Gasteiger charge is 2.49. The van der Waals surface area contributed by atoms with Crippen LogP contribution < -0.4 is 4.13 Å². The molecule has 13 nitrogen and oxygen atoms in total. The van der Waals surface area contributed by atoms with Gasteiger partial charge in [0.25, 0.3) is 0 Å². The Kier molecular flexibility index (Phi) is 18.6. The molecular formula is C22H54F3NO12S2Si5. The highest BCUT2D eigenvalue weighted by Crippen LogP contribution is 2.32. The minimum Gasteiger partial charge on any atom is -0.437 e. The Morgan fingerprint density at radius 2 is 1.04 bits per heavy atom. The summed E-state index contributed by atoms with van der Waals surface area (Å²) in [5, 5.41) is 0. The Labute approximate surface area is 273 Å². The van der Waals surface area contributed by atoms with Crippen molar-refractivity contribution in [1.29, 1.82) is 0 Å². The van der Waals surface area contributed by atoms with Crippen LogP contribution in [-0.4, -0.2) is 111 Å². The van der Waals surface area contributed by atoms with E-state index in [1.807, 2.05) is 26.2 Å². The van der Waals surface area contributed by atoms with Crippen molar-refractivity contribution in [1.82, 2.24) is 4.13 Å². The maximum absolute atomic E-state index is 12.4. The van der Waals surface area contributed by atoms with Gasteiger partial charge >= 0.3 is 51.5 Å². The van der Waals surface area contributed by atoms with E-state index in [1.165, 1.54) is 0 Å². The van der Waals surface area contributed by atoms with E-state index in [9.17, 15) is 30.0 Å². The number of alkyl halides is 3. The van der Waals surface area contributed by atoms with Crippen molar-refractivity contribution in [3.05, 3.63) is 0 Å². The van der Waals surface area contributed by atoms with Crippen molar-refractivity contribution in [2.75, 3.05) is 46.8 Å². The molecule has 0 radical (unpaired) electrons. The summed E-state index contributed by atoms with van der Waals surface area (Å²) in [5.41, 5.74) is -5.81. The molecule has 0 aromatic rings. The number of hydrogen-bond acceptors (Lipinski definition) is 12. The summed E-state index contributed by atoms with van der Waals surface area (Å²) in [6.45, 7) is 21.3. The average molecular weight is 786 g/mol. The maximum atomic E-state index is 12.4. The molecule has 0 spiro atoms. The molecule has 45 heavy (non-hydrogen) atoms. The summed E-state index contributed by atoms with van der Waals surface area (Å²) in [7, 11) is -22.1. The molecule has 0 saturated heterocycles. The van der Waals surface area contributed by atoms with Crippen LogP contribution in [0.4, 0.5) is 13.2 Å². The minimum absolute atomic E-state index is 0.143. The van der Waals surface area contributed by atoms with Gasteiger partial charge in [0, 0.05) is 20.3 Å². The number of hydrogen-bond donors (Lipinski definition) is 1. The Morgan fingerprint density at radius 3 is 1.47 bits per heavy atom. The third kappa shape index (κ3) is 21.9. The second-order valence-electron chi connectivity index (χ2n) is 13.0. The lowest BCUT2D eigenvalue weighted by Crippen LogP contribution is -2.60. The van der Waals surface area contributed by atoms with Gasteiger partial charge in [-0.15, -0.1) is 0 Å². The molecule has 2 unspecified atom stereocenters. The van der Waals surface area contributed by atoms with E-state index >= 15 is 0 Å². The predicted octanol–water partition coefficient (Wildman–Crippen LogP) is 4.73. The first-order valence-electron chi connectivity index (χ1n) is 14.5. The van der Waals surface area contributed by atoms with Gasteiger partial charge in [-0.05, 0) is 90.4 Å². The quantitative estimate of drug-likeness (QED) is 0.101. The summed E-state index contributed by atoms with van der Waals surface area (Å²) in [6.07, 6.45) is 1.18. The van der Waals surface area contributed by atoms with Gasteiger partial charge in [-0.3, -0.25) is 4.18 Å². The largest absolute Gasteiger partial charge is 0.512 e. The molecule has 0 aromatic heterocycles. The van der Waals surface area contributed by atoms with Gasteiger partial charge in [0.2, 0.25) is 0 Å². The van der Waals surface area contributed by atoms with E-state index in [4.69, 9.17) is 30.7 Å². The topological polar surface area (TPSA) is 154 Å². The Bertz CT molecular complexity index is 1090. The van der Waals surface area contributed by atoms with Crippen LogP contribution in [0.5, 0.6) is 0 Å². The smallest absolute Gasteiger partial charge is 0.437 e. The molecule has 0 aromatic carbocycles. The fourth-order valence-electron chi connectivity index (χ4n) is 4.37. The highest BCUT2D eigenvalue weighted by molar-refractivity contribution is 8.03. The van der Waals surface area contributed by atoms with Gasteiger partial charge in [0.05, 0.1) is 26.4 Å². The molecule has 272 valence electrons. The molecule has 0 aliphatic carbocycles. The van der Waals surface area contributed by atoms with Crippen molar-refractivity contribution in [3.63, 3.8) is 0 Å². The highest BCUT2D eigenvalue weighted by atomic mass is 32.3. The monoisotopic (exact) mass is 785 g/mol. The summed E-state index contributed by atoms with van der Waals surface area (Å²) in [5.74, 6) is 0. The predicted molar refractivity (Wildman–Crippen MR) is 177 cm³/mol. The summed E-state index contributed by atoms with van der Waals surface area (Å²) in [4.78, 5) is 0. The number of sulfonamides is 1. The Hall–Kier alpha value is 0.414.